The van der Waals surface area contributed by atoms with Gasteiger partial charge in [0.25, 0.3) is 0 Å². The van der Waals surface area contributed by atoms with E-state index in [0.29, 0.717) is 39.0 Å². The SMILES string of the molecule is C#CCCC1(CCC(=O)NCC2(OC)CCOC2)N=N1. The largest absolute Gasteiger partial charge is 0.378 e. The Labute approximate surface area is 119 Å². The van der Waals surface area contributed by atoms with Crippen molar-refractivity contribution in [1.82, 2.24) is 5.32 Å². The molecule has 2 aliphatic rings. The van der Waals surface area contributed by atoms with Gasteiger partial charge in [-0.05, 0) is 0 Å². The van der Waals surface area contributed by atoms with Crippen molar-refractivity contribution in [2.24, 2.45) is 10.2 Å². The number of methoxy groups -OCH3 is 1. The first-order valence-electron chi connectivity index (χ1n) is 6.91. The number of nitrogens with one attached hydrogen (secondary N) is 1. The first kappa shape index (κ1) is 14.9. The average Bonchev–Trinajstić information content (AvgIpc) is 3.09. The molecule has 2 heterocycles. The molecule has 0 spiro atoms. The first-order chi connectivity index (χ1) is 9.64. The molecule has 0 aromatic carbocycles. The van der Waals surface area contributed by atoms with E-state index in [1.165, 1.54) is 0 Å². The normalized spacial score (nSPS) is 26.2. The number of carbonyl (C=O) groups is 1. The summed E-state index contributed by atoms with van der Waals surface area (Å²) in [6.45, 7) is 1.69. The van der Waals surface area contributed by atoms with Gasteiger partial charge in [-0.3, -0.25) is 4.79 Å². The predicted octanol–water partition coefficient (Wildman–Crippen LogP) is 1.26. The summed E-state index contributed by atoms with van der Waals surface area (Å²) in [7, 11) is 1.65. The molecule has 0 bridgehead atoms. The number of ether oxygens (including phenoxy) is 2. The molecule has 1 saturated heterocycles. The Kier molecular flexibility index (Phi) is 4.73. The van der Waals surface area contributed by atoms with Crippen LogP contribution in [-0.4, -0.2) is 44.0 Å². The Balaban J connectivity index is 1.67. The molecule has 6 nitrogen and oxygen atoms in total. The fraction of sp³-hybridized carbons (Fsp3) is 0.786. The molecular formula is C14H21N3O3. The van der Waals surface area contributed by atoms with Gasteiger partial charge in [0.05, 0.1) is 6.61 Å². The Morgan fingerprint density at radius 2 is 2.30 bits per heavy atom. The van der Waals surface area contributed by atoms with Crippen LogP contribution in [0, 0.1) is 12.3 Å². The lowest BCUT2D eigenvalue weighted by atomic mass is 10.0. The molecule has 0 saturated carbocycles. The number of hydrogen-bond acceptors (Lipinski definition) is 5. The monoisotopic (exact) mass is 279 g/mol. The van der Waals surface area contributed by atoms with E-state index in [-0.39, 0.29) is 17.2 Å². The van der Waals surface area contributed by atoms with Gasteiger partial charge in [0.1, 0.15) is 5.60 Å². The second-order valence-electron chi connectivity index (χ2n) is 5.35. The number of amides is 1. The minimum absolute atomic E-state index is 0.00860. The van der Waals surface area contributed by atoms with Crippen molar-refractivity contribution in [3.05, 3.63) is 0 Å². The fourth-order valence-electron chi connectivity index (χ4n) is 2.29. The Morgan fingerprint density at radius 3 is 2.85 bits per heavy atom. The van der Waals surface area contributed by atoms with E-state index in [1.54, 1.807) is 7.11 Å². The smallest absolute Gasteiger partial charge is 0.220 e. The van der Waals surface area contributed by atoms with Crippen LogP contribution in [0.4, 0.5) is 0 Å². The summed E-state index contributed by atoms with van der Waals surface area (Å²) in [5.41, 5.74) is -0.760. The zero-order valence-corrected chi connectivity index (χ0v) is 11.9. The van der Waals surface area contributed by atoms with Crippen LogP contribution in [0.5, 0.6) is 0 Å². The highest BCUT2D eigenvalue weighted by atomic mass is 16.5. The van der Waals surface area contributed by atoms with E-state index >= 15 is 0 Å². The van der Waals surface area contributed by atoms with Crippen molar-refractivity contribution < 1.29 is 14.3 Å². The molecule has 1 atom stereocenters. The second kappa shape index (κ2) is 6.33. The molecule has 2 aliphatic heterocycles. The van der Waals surface area contributed by atoms with E-state index in [4.69, 9.17) is 15.9 Å². The van der Waals surface area contributed by atoms with Crippen molar-refractivity contribution in [3.8, 4) is 12.3 Å². The predicted molar refractivity (Wildman–Crippen MR) is 73.1 cm³/mol. The molecule has 0 radical (unpaired) electrons. The van der Waals surface area contributed by atoms with Crippen LogP contribution in [-0.2, 0) is 14.3 Å². The van der Waals surface area contributed by atoms with Crippen LogP contribution in [0.1, 0.15) is 32.1 Å². The Bertz CT molecular complexity index is 416. The maximum absolute atomic E-state index is 11.9. The van der Waals surface area contributed by atoms with Gasteiger partial charge in [-0.2, -0.15) is 10.2 Å². The highest BCUT2D eigenvalue weighted by Gasteiger charge is 2.40. The lowest BCUT2D eigenvalue weighted by molar-refractivity contribution is -0.123. The lowest BCUT2D eigenvalue weighted by Gasteiger charge is -2.25. The Morgan fingerprint density at radius 1 is 1.50 bits per heavy atom. The van der Waals surface area contributed by atoms with Crippen LogP contribution < -0.4 is 5.32 Å². The molecule has 0 aromatic heterocycles. The standard InChI is InChI=1S/C14H21N3O3/c1-3-4-6-14(16-17-14)7-5-12(18)15-10-13(19-2)8-9-20-11-13/h1H,4-11H2,2H3,(H,15,18). The van der Waals surface area contributed by atoms with Crippen molar-refractivity contribution >= 4 is 5.91 Å². The Hall–Kier alpha value is -1.45. The van der Waals surface area contributed by atoms with Crippen LogP contribution in [0.25, 0.3) is 0 Å². The molecule has 2 rings (SSSR count). The molecule has 0 aliphatic carbocycles. The number of nitrogens with zero attached hydrogens (tertiary/aromatic N) is 2. The molecule has 0 aromatic rings. The quantitative estimate of drug-likeness (QED) is 0.680. The van der Waals surface area contributed by atoms with Crippen LogP contribution in [0.15, 0.2) is 10.2 Å². The van der Waals surface area contributed by atoms with E-state index in [9.17, 15) is 4.79 Å². The summed E-state index contributed by atoms with van der Waals surface area (Å²) >= 11 is 0. The summed E-state index contributed by atoms with van der Waals surface area (Å²) in [6.07, 6.45) is 8.42. The molecule has 110 valence electrons. The number of terminal acetylenes is 1. The van der Waals surface area contributed by atoms with Gasteiger partial charge in [0.2, 0.25) is 5.91 Å². The summed E-state index contributed by atoms with van der Waals surface area (Å²) < 4.78 is 10.8. The summed E-state index contributed by atoms with van der Waals surface area (Å²) in [4.78, 5) is 11.9. The molecule has 1 N–H and O–H groups in total. The second-order valence-corrected chi connectivity index (χ2v) is 5.35. The zero-order valence-electron chi connectivity index (χ0n) is 11.9. The third-order valence-electron chi connectivity index (χ3n) is 3.91. The summed E-state index contributed by atoms with van der Waals surface area (Å²) in [5.74, 6) is 2.57. The highest BCUT2D eigenvalue weighted by molar-refractivity contribution is 5.76. The topological polar surface area (TPSA) is 72.3 Å². The first-order valence-corrected chi connectivity index (χ1v) is 6.91. The molecule has 1 unspecified atom stereocenters. The van der Waals surface area contributed by atoms with Crippen molar-refractivity contribution in [2.75, 3.05) is 26.9 Å². The maximum atomic E-state index is 11.9. The minimum atomic E-state index is -0.390. The van der Waals surface area contributed by atoms with Gasteiger partial charge in [-0.15, -0.1) is 12.3 Å². The minimum Gasteiger partial charge on any atom is -0.378 e. The molecular weight excluding hydrogens is 258 g/mol. The van der Waals surface area contributed by atoms with E-state index in [0.717, 1.165) is 12.8 Å². The van der Waals surface area contributed by atoms with Crippen molar-refractivity contribution in [2.45, 2.75) is 43.4 Å². The molecule has 6 heteroatoms. The highest BCUT2D eigenvalue weighted by Crippen LogP contribution is 2.37. The lowest BCUT2D eigenvalue weighted by Crippen LogP contribution is -2.45. The molecule has 1 fully saturated rings. The third kappa shape index (κ3) is 3.78. The van der Waals surface area contributed by atoms with E-state index < -0.39 is 0 Å². The maximum Gasteiger partial charge on any atom is 0.220 e. The van der Waals surface area contributed by atoms with Crippen LogP contribution >= 0.6 is 0 Å². The number of carbonyl (C=O) groups excluding carboxylic acids is 1. The van der Waals surface area contributed by atoms with Gasteiger partial charge in [-0.1, -0.05) is 0 Å². The van der Waals surface area contributed by atoms with E-state index in [1.807, 2.05) is 0 Å². The van der Waals surface area contributed by atoms with Crippen molar-refractivity contribution in [3.63, 3.8) is 0 Å². The fourth-order valence-corrected chi connectivity index (χ4v) is 2.29. The van der Waals surface area contributed by atoms with Crippen molar-refractivity contribution in [1.29, 1.82) is 0 Å². The van der Waals surface area contributed by atoms with Gasteiger partial charge >= 0.3 is 0 Å². The number of rotatable bonds is 8. The van der Waals surface area contributed by atoms with Crippen LogP contribution in [0.3, 0.4) is 0 Å². The molecule has 1 amide bonds. The number of hydrogen-bond donors (Lipinski definition) is 1. The van der Waals surface area contributed by atoms with Gasteiger partial charge in [0.15, 0.2) is 5.66 Å². The molecule has 20 heavy (non-hydrogen) atoms. The van der Waals surface area contributed by atoms with Gasteiger partial charge in [-0.25, -0.2) is 0 Å². The summed E-state index contributed by atoms with van der Waals surface area (Å²) in [6, 6.07) is 0. The van der Waals surface area contributed by atoms with E-state index in [2.05, 4.69) is 21.5 Å². The zero-order chi connectivity index (χ0) is 14.5. The van der Waals surface area contributed by atoms with Gasteiger partial charge < -0.3 is 14.8 Å². The van der Waals surface area contributed by atoms with Crippen LogP contribution in [0.2, 0.25) is 0 Å². The third-order valence-corrected chi connectivity index (χ3v) is 3.91. The van der Waals surface area contributed by atoms with Gasteiger partial charge in [0, 0.05) is 52.4 Å². The summed E-state index contributed by atoms with van der Waals surface area (Å²) in [5, 5.41) is 10.9. The average molecular weight is 279 g/mol.